The van der Waals surface area contributed by atoms with Gasteiger partial charge in [0, 0.05) is 0 Å². The molecule has 0 radical (unpaired) electrons. The van der Waals surface area contributed by atoms with Gasteiger partial charge in [0.25, 0.3) is 0 Å². The second-order valence-corrected chi connectivity index (χ2v) is 2.98. The van der Waals surface area contributed by atoms with E-state index in [1.807, 2.05) is 6.07 Å². The fourth-order valence-electron chi connectivity index (χ4n) is 1.30. The smallest absolute Gasteiger partial charge is 0.159 e. The van der Waals surface area contributed by atoms with Crippen molar-refractivity contribution in [1.29, 1.82) is 0 Å². The molecule has 1 aromatic carbocycles. The van der Waals surface area contributed by atoms with Crippen LogP contribution in [-0.4, -0.2) is 10.9 Å². The number of rotatable bonds is 1. The summed E-state index contributed by atoms with van der Waals surface area (Å²) in [6.45, 7) is 0. The highest BCUT2D eigenvalue weighted by Gasteiger charge is 2.20. The average Bonchev–Trinajstić information content (AvgIpc) is 2.52. The topological polar surface area (TPSA) is 67.8 Å². The van der Waals surface area contributed by atoms with Crippen molar-refractivity contribution >= 4 is 5.84 Å². The molecular weight excluding hydrogens is 168 g/mol. The second-order valence-electron chi connectivity index (χ2n) is 2.98. The van der Waals surface area contributed by atoms with Gasteiger partial charge in [-0.1, -0.05) is 17.3 Å². The van der Waals surface area contributed by atoms with Crippen molar-refractivity contribution < 1.29 is 9.94 Å². The minimum absolute atomic E-state index is 0.146. The Bertz CT molecular complexity index is 349. The third-order valence-corrected chi connectivity index (χ3v) is 1.93. The molecule has 2 rings (SSSR count). The Morgan fingerprint density at radius 2 is 2.38 bits per heavy atom. The Morgan fingerprint density at radius 1 is 1.54 bits per heavy atom. The van der Waals surface area contributed by atoms with E-state index in [1.165, 1.54) is 0 Å². The number of hydrogen-bond acceptors (Lipinski definition) is 4. The van der Waals surface area contributed by atoms with Crippen LogP contribution in [0, 0.1) is 0 Å². The highest BCUT2D eigenvalue weighted by atomic mass is 16.6. The molecule has 0 amide bonds. The predicted molar refractivity (Wildman–Crippen MR) is 48.2 cm³/mol. The molecule has 1 unspecified atom stereocenters. The number of aromatic hydroxyl groups is 1. The standard InChI is InChI=1S/C9H10N2O2/c10-9-5-8(13-11-9)6-2-1-3-7(12)4-6/h1-4,8,12H,5H2,(H2,10,11). The van der Waals surface area contributed by atoms with Crippen molar-refractivity contribution in [1.82, 2.24) is 0 Å². The Morgan fingerprint density at radius 3 is 3.00 bits per heavy atom. The third kappa shape index (κ3) is 1.56. The van der Waals surface area contributed by atoms with Crippen LogP contribution in [-0.2, 0) is 4.84 Å². The number of phenolic OH excluding ortho intramolecular Hbond substituents is 1. The summed E-state index contributed by atoms with van der Waals surface area (Å²) in [4.78, 5) is 5.06. The van der Waals surface area contributed by atoms with E-state index < -0.39 is 0 Å². The van der Waals surface area contributed by atoms with Crippen LogP contribution in [0.15, 0.2) is 29.4 Å². The van der Waals surface area contributed by atoms with Crippen LogP contribution in [0.5, 0.6) is 5.75 Å². The van der Waals surface area contributed by atoms with E-state index in [0.717, 1.165) is 5.56 Å². The van der Waals surface area contributed by atoms with Gasteiger partial charge < -0.3 is 15.7 Å². The second kappa shape index (κ2) is 2.97. The number of benzene rings is 1. The molecule has 68 valence electrons. The van der Waals surface area contributed by atoms with Crippen LogP contribution in [0.4, 0.5) is 0 Å². The minimum Gasteiger partial charge on any atom is -0.508 e. The lowest BCUT2D eigenvalue weighted by Crippen LogP contribution is -2.08. The summed E-state index contributed by atoms with van der Waals surface area (Å²) in [7, 11) is 0. The monoisotopic (exact) mass is 178 g/mol. The highest BCUT2D eigenvalue weighted by molar-refractivity contribution is 5.81. The summed E-state index contributed by atoms with van der Waals surface area (Å²) in [5, 5.41) is 12.9. The molecule has 1 aliphatic rings. The van der Waals surface area contributed by atoms with Gasteiger partial charge in [-0.15, -0.1) is 0 Å². The molecule has 1 heterocycles. The van der Waals surface area contributed by atoms with Gasteiger partial charge >= 0.3 is 0 Å². The first-order valence-electron chi connectivity index (χ1n) is 4.03. The van der Waals surface area contributed by atoms with E-state index in [2.05, 4.69) is 5.16 Å². The van der Waals surface area contributed by atoms with E-state index in [-0.39, 0.29) is 11.9 Å². The molecule has 1 aromatic rings. The van der Waals surface area contributed by atoms with Gasteiger partial charge in [0.1, 0.15) is 11.6 Å². The SMILES string of the molecule is NC1=NOC(c2cccc(O)c2)C1. The van der Waals surface area contributed by atoms with E-state index in [1.54, 1.807) is 18.2 Å². The van der Waals surface area contributed by atoms with Crippen LogP contribution in [0.2, 0.25) is 0 Å². The number of nitrogens with zero attached hydrogens (tertiary/aromatic N) is 1. The van der Waals surface area contributed by atoms with E-state index >= 15 is 0 Å². The maximum atomic E-state index is 9.22. The summed E-state index contributed by atoms with van der Waals surface area (Å²) in [5.41, 5.74) is 6.36. The van der Waals surface area contributed by atoms with Crippen LogP contribution >= 0.6 is 0 Å². The van der Waals surface area contributed by atoms with E-state index in [9.17, 15) is 5.11 Å². The lowest BCUT2D eigenvalue weighted by atomic mass is 10.1. The normalized spacial score (nSPS) is 20.9. The van der Waals surface area contributed by atoms with Crippen molar-refractivity contribution in [2.75, 3.05) is 0 Å². The number of amidine groups is 1. The molecule has 3 N–H and O–H groups in total. The molecule has 0 aliphatic carbocycles. The first-order chi connectivity index (χ1) is 6.25. The molecular formula is C9H10N2O2. The molecule has 1 atom stereocenters. The van der Waals surface area contributed by atoms with Crippen LogP contribution in [0.3, 0.4) is 0 Å². The Hall–Kier alpha value is -1.71. The summed E-state index contributed by atoms with van der Waals surface area (Å²) in [6, 6.07) is 6.91. The molecule has 4 nitrogen and oxygen atoms in total. The fraction of sp³-hybridized carbons (Fsp3) is 0.222. The van der Waals surface area contributed by atoms with Gasteiger partial charge in [-0.25, -0.2) is 0 Å². The zero-order valence-electron chi connectivity index (χ0n) is 6.97. The quantitative estimate of drug-likeness (QED) is 0.677. The molecule has 4 heteroatoms. The number of phenols is 1. The lowest BCUT2D eigenvalue weighted by Gasteiger charge is -2.07. The molecule has 0 saturated heterocycles. The highest BCUT2D eigenvalue weighted by Crippen LogP contribution is 2.27. The minimum atomic E-state index is -0.146. The number of hydrogen-bond donors (Lipinski definition) is 2. The Kier molecular flexibility index (Phi) is 1.81. The lowest BCUT2D eigenvalue weighted by molar-refractivity contribution is 0.0855. The van der Waals surface area contributed by atoms with Crippen LogP contribution in [0.1, 0.15) is 18.1 Å². The molecule has 0 fully saturated rings. The summed E-state index contributed by atoms with van der Waals surface area (Å²) in [6.07, 6.45) is 0.441. The molecule has 0 saturated carbocycles. The van der Waals surface area contributed by atoms with Gasteiger partial charge in [-0.05, 0) is 17.7 Å². The maximum absolute atomic E-state index is 9.22. The van der Waals surface area contributed by atoms with Gasteiger partial charge in [0.2, 0.25) is 0 Å². The molecule has 0 spiro atoms. The first kappa shape index (κ1) is 7.91. The maximum Gasteiger partial charge on any atom is 0.159 e. The van der Waals surface area contributed by atoms with Crippen molar-refractivity contribution in [2.24, 2.45) is 10.9 Å². The third-order valence-electron chi connectivity index (χ3n) is 1.93. The van der Waals surface area contributed by atoms with Gasteiger partial charge in [-0.3, -0.25) is 0 Å². The number of nitrogens with two attached hydrogens (primary N) is 1. The van der Waals surface area contributed by atoms with Crippen molar-refractivity contribution in [2.45, 2.75) is 12.5 Å². The number of oxime groups is 1. The molecule has 0 bridgehead atoms. The van der Waals surface area contributed by atoms with E-state index in [4.69, 9.17) is 10.6 Å². The average molecular weight is 178 g/mol. The van der Waals surface area contributed by atoms with Gasteiger partial charge in [-0.2, -0.15) is 0 Å². The summed E-state index contributed by atoms with van der Waals surface area (Å²) < 4.78 is 0. The zero-order chi connectivity index (χ0) is 9.26. The molecule has 0 aromatic heterocycles. The summed E-state index contributed by atoms with van der Waals surface area (Å²) >= 11 is 0. The predicted octanol–water partition coefficient (Wildman–Crippen LogP) is 1.13. The van der Waals surface area contributed by atoms with Crippen molar-refractivity contribution in [3.8, 4) is 5.75 Å². The largest absolute Gasteiger partial charge is 0.508 e. The van der Waals surface area contributed by atoms with Gasteiger partial charge in [0.15, 0.2) is 6.10 Å². The van der Waals surface area contributed by atoms with Gasteiger partial charge in [0.05, 0.1) is 6.42 Å². The van der Waals surface area contributed by atoms with Crippen molar-refractivity contribution in [3.63, 3.8) is 0 Å². The summed E-state index contributed by atoms with van der Waals surface area (Å²) in [5.74, 6) is 0.722. The van der Waals surface area contributed by atoms with E-state index in [0.29, 0.717) is 12.3 Å². The molecule has 1 aliphatic heterocycles. The first-order valence-corrected chi connectivity index (χ1v) is 4.03. The van der Waals surface area contributed by atoms with Crippen LogP contribution in [0.25, 0.3) is 0 Å². The molecule has 13 heavy (non-hydrogen) atoms. The fourth-order valence-corrected chi connectivity index (χ4v) is 1.30. The zero-order valence-corrected chi connectivity index (χ0v) is 6.97. The Labute approximate surface area is 75.6 Å². The van der Waals surface area contributed by atoms with Crippen molar-refractivity contribution in [3.05, 3.63) is 29.8 Å². The Balaban J connectivity index is 2.18. The van der Waals surface area contributed by atoms with Crippen LogP contribution < -0.4 is 5.73 Å².